The van der Waals surface area contributed by atoms with Gasteiger partial charge in [-0.25, -0.2) is 0 Å². The molecule has 1 fully saturated rings. The van der Waals surface area contributed by atoms with Gasteiger partial charge in [0.15, 0.2) is 0 Å². The van der Waals surface area contributed by atoms with Gasteiger partial charge in [0, 0.05) is 6.04 Å². The molecule has 0 aliphatic heterocycles. The van der Waals surface area contributed by atoms with Gasteiger partial charge in [-0.1, -0.05) is 30.5 Å². The van der Waals surface area contributed by atoms with Gasteiger partial charge in [0.25, 0.3) is 0 Å². The van der Waals surface area contributed by atoms with E-state index < -0.39 is 0 Å². The van der Waals surface area contributed by atoms with Gasteiger partial charge in [-0.15, -0.1) is 0 Å². The van der Waals surface area contributed by atoms with Crippen molar-refractivity contribution in [1.82, 2.24) is 0 Å². The highest BCUT2D eigenvalue weighted by molar-refractivity contribution is 5.38. The minimum atomic E-state index is 0.354. The molecule has 1 saturated carbocycles. The summed E-state index contributed by atoms with van der Waals surface area (Å²) < 4.78 is 0. The zero-order valence-electron chi connectivity index (χ0n) is 10.7. The zero-order valence-corrected chi connectivity index (χ0v) is 10.7. The van der Waals surface area contributed by atoms with Crippen LogP contribution in [0.2, 0.25) is 0 Å². The summed E-state index contributed by atoms with van der Waals surface area (Å²) in [6.45, 7) is 6.58. The lowest BCUT2D eigenvalue weighted by Crippen LogP contribution is -2.24. The second-order valence-corrected chi connectivity index (χ2v) is 5.52. The maximum Gasteiger partial charge on any atom is 0.00821 e. The van der Waals surface area contributed by atoms with Crippen molar-refractivity contribution < 1.29 is 0 Å². The molecule has 2 rings (SSSR count). The lowest BCUT2D eigenvalue weighted by atomic mass is 9.93. The first-order valence-corrected chi connectivity index (χ1v) is 6.38. The van der Waals surface area contributed by atoms with Crippen LogP contribution in [0.1, 0.15) is 41.5 Å². The van der Waals surface area contributed by atoms with Gasteiger partial charge in [0.05, 0.1) is 0 Å². The second-order valence-electron chi connectivity index (χ2n) is 5.52. The highest BCUT2D eigenvalue weighted by Crippen LogP contribution is 2.34. The smallest absolute Gasteiger partial charge is 0.00821 e. The summed E-state index contributed by atoms with van der Waals surface area (Å²) in [5.74, 6) is 0.932. The molecule has 1 aromatic rings. The molecule has 1 atom stereocenters. The molecule has 0 heterocycles. The molecule has 1 aromatic carbocycles. The van der Waals surface area contributed by atoms with Gasteiger partial charge in [0.1, 0.15) is 0 Å². The van der Waals surface area contributed by atoms with E-state index in [1.54, 1.807) is 0 Å². The average molecular weight is 217 g/mol. The summed E-state index contributed by atoms with van der Waals surface area (Å²) in [5, 5.41) is 0. The van der Waals surface area contributed by atoms with Crippen LogP contribution in [0.3, 0.4) is 0 Å². The maximum atomic E-state index is 6.22. The Hall–Kier alpha value is -0.820. The van der Waals surface area contributed by atoms with E-state index in [1.165, 1.54) is 41.5 Å². The predicted molar refractivity (Wildman–Crippen MR) is 69.7 cm³/mol. The Morgan fingerprint density at radius 2 is 1.75 bits per heavy atom. The third-order valence-corrected chi connectivity index (χ3v) is 3.64. The van der Waals surface area contributed by atoms with Crippen LogP contribution in [0.5, 0.6) is 0 Å². The molecule has 0 spiro atoms. The van der Waals surface area contributed by atoms with Crippen molar-refractivity contribution >= 4 is 0 Å². The third kappa shape index (κ3) is 2.85. The van der Waals surface area contributed by atoms with E-state index in [0.717, 1.165) is 12.3 Å². The van der Waals surface area contributed by atoms with Crippen LogP contribution in [-0.4, -0.2) is 6.04 Å². The van der Waals surface area contributed by atoms with Crippen LogP contribution in [0, 0.1) is 26.7 Å². The number of aryl methyl sites for hydroxylation is 3. The van der Waals surface area contributed by atoms with E-state index in [1.807, 2.05) is 0 Å². The summed E-state index contributed by atoms with van der Waals surface area (Å²) in [6.07, 6.45) is 5.07. The molecule has 1 nitrogen and oxygen atoms in total. The van der Waals surface area contributed by atoms with Gasteiger partial charge in [0.2, 0.25) is 0 Å². The lowest BCUT2D eigenvalue weighted by molar-refractivity contribution is 0.564. The fourth-order valence-corrected chi connectivity index (χ4v) is 2.66. The first-order chi connectivity index (χ1) is 7.56. The summed E-state index contributed by atoms with van der Waals surface area (Å²) in [7, 11) is 0. The van der Waals surface area contributed by atoms with Gasteiger partial charge in [-0.2, -0.15) is 0 Å². The molecule has 16 heavy (non-hydrogen) atoms. The van der Waals surface area contributed by atoms with Gasteiger partial charge in [-0.05, 0) is 56.2 Å². The predicted octanol–water partition coefficient (Wildman–Crippen LogP) is 3.28. The van der Waals surface area contributed by atoms with Crippen molar-refractivity contribution in [1.29, 1.82) is 0 Å². The van der Waals surface area contributed by atoms with Crippen LogP contribution in [0.4, 0.5) is 0 Å². The number of rotatable bonds is 4. The van der Waals surface area contributed by atoms with Crippen LogP contribution in [-0.2, 0) is 6.42 Å². The van der Waals surface area contributed by atoms with E-state index in [2.05, 4.69) is 32.9 Å². The topological polar surface area (TPSA) is 26.0 Å². The van der Waals surface area contributed by atoms with Gasteiger partial charge < -0.3 is 5.73 Å². The fourth-order valence-electron chi connectivity index (χ4n) is 2.66. The Morgan fingerprint density at radius 1 is 1.19 bits per heavy atom. The van der Waals surface area contributed by atoms with E-state index in [9.17, 15) is 0 Å². The molecule has 0 saturated heterocycles. The largest absolute Gasteiger partial charge is 0.327 e. The van der Waals surface area contributed by atoms with Crippen molar-refractivity contribution in [3.63, 3.8) is 0 Å². The van der Waals surface area contributed by atoms with Crippen LogP contribution >= 0.6 is 0 Å². The van der Waals surface area contributed by atoms with E-state index in [-0.39, 0.29) is 0 Å². The first-order valence-electron chi connectivity index (χ1n) is 6.38. The summed E-state index contributed by atoms with van der Waals surface area (Å²) >= 11 is 0. The molecule has 1 unspecified atom stereocenters. The minimum absolute atomic E-state index is 0.354. The minimum Gasteiger partial charge on any atom is -0.327 e. The van der Waals surface area contributed by atoms with Crippen molar-refractivity contribution in [2.24, 2.45) is 11.7 Å². The fraction of sp³-hybridized carbons (Fsp3) is 0.600. The standard InChI is InChI=1S/C15H23N/c1-10-6-11(2)15(12(3)7-10)9-14(16)8-13-4-5-13/h6-7,13-14H,4-5,8-9,16H2,1-3H3. The van der Waals surface area contributed by atoms with E-state index in [0.29, 0.717) is 6.04 Å². The number of benzene rings is 1. The molecule has 88 valence electrons. The number of nitrogens with two attached hydrogens (primary N) is 1. The summed E-state index contributed by atoms with van der Waals surface area (Å²) in [6, 6.07) is 4.89. The highest BCUT2D eigenvalue weighted by Gasteiger charge is 2.24. The third-order valence-electron chi connectivity index (χ3n) is 3.64. The van der Waals surface area contributed by atoms with Crippen LogP contribution in [0.25, 0.3) is 0 Å². The zero-order chi connectivity index (χ0) is 11.7. The molecule has 1 heteroatoms. The quantitative estimate of drug-likeness (QED) is 0.823. The van der Waals surface area contributed by atoms with Crippen molar-refractivity contribution in [2.75, 3.05) is 0 Å². The van der Waals surface area contributed by atoms with Gasteiger partial charge >= 0.3 is 0 Å². The van der Waals surface area contributed by atoms with E-state index in [4.69, 9.17) is 5.73 Å². The van der Waals surface area contributed by atoms with Crippen molar-refractivity contribution in [3.05, 3.63) is 34.4 Å². The SMILES string of the molecule is Cc1cc(C)c(CC(N)CC2CC2)c(C)c1. The molecule has 0 radical (unpaired) electrons. The maximum absolute atomic E-state index is 6.22. The molecule has 0 bridgehead atoms. The highest BCUT2D eigenvalue weighted by atomic mass is 14.6. The monoisotopic (exact) mass is 217 g/mol. The molecule has 0 aromatic heterocycles. The molecule has 0 amide bonds. The Morgan fingerprint density at radius 3 is 2.25 bits per heavy atom. The Bertz CT molecular complexity index is 354. The Balaban J connectivity index is 2.07. The van der Waals surface area contributed by atoms with Crippen LogP contribution < -0.4 is 5.73 Å². The van der Waals surface area contributed by atoms with Crippen molar-refractivity contribution in [2.45, 2.75) is 52.5 Å². The first kappa shape index (κ1) is 11.7. The molecular weight excluding hydrogens is 194 g/mol. The summed E-state index contributed by atoms with van der Waals surface area (Å²) in [4.78, 5) is 0. The molecule has 1 aliphatic rings. The average Bonchev–Trinajstić information content (AvgIpc) is 2.95. The normalized spacial score (nSPS) is 17.5. The number of hydrogen-bond donors (Lipinski definition) is 1. The van der Waals surface area contributed by atoms with Crippen LogP contribution in [0.15, 0.2) is 12.1 Å². The van der Waals surface area contributed by atoms with Crippen molar-refractivity contribution in [3.8, 4) is 0 Å². The Labute approximate surface area is 99.0 Å². The summed E-state index contributed by atoms with van der Waals surface area (Å²) in [5.41, 5.74) is 11.9. The Kier molecular flexibility index (Phi) is 3.34. The van der Waals surface area contributed by atoms with Gasteiger partial charge in [-0.3, -0.25) is 0 Å². The molecule has 2 N–H and O–H groups in total. The number of hydrogen-bond acceptors (Lipinski definition) is 1. The molecule has 1 aliphatic carbocycles. The lowest BCUT2D eigenvalue weighted by Gasteiger charge is -2.16. The second kappa shape index (κ2) is 4.58. The van der Waals surface area contributed by atoms with E-state index >= 15 is 0 Å². The molecular formula is C15H23N.